The highest BCUT2D eigenvalue weighted by Crippen LogP contribution is 2.19. The van der Waals surface area contributed by atoms with Crippen molar-refractivity contribution < 1.29 is 0 Å². The van der Waals surface area contributed by atoms with Crippen molar-refractivity contribution in [1.29, 1.82) is 5.26 Å². The summed E-state index contributed by atoms with van der Waals surface area (Å²) in [6, 6.07) is 12.7. The quantitative estimate of drug-likeness (QED) is 0.608. The van der Waals surface area contributed by atoms with Crippen molar-refractivity contribution in [1.82, 2.24) is 4.90 Å². The van der Waals surface area contributed by atoms with Crippen LogP contribution in [-0.4, -0.2) is 17.5 Å². The lowest BCUT2D eigenvalue weighted by Crippen LogP contribution is -1.99. The van der Waals surface area contributed by atoms with Gasteiger partial charge in [-0.15, -0.1) is 0 Å². The molecule has 1 fully saturated rings. The van der Waals surface area contributed by atoms with Gasteiger partial charge in [0.25, 0.3) is 0 Å². The van der Waals surface area contributed by atoms with Crippen LogP contribution in [-0.2, 0) is 6.54 Å². The summed E-state index contributed by atoms with van der Waals surface area (Å²) in [7, 11) is 0. The van der Waals surface area contributed by atoms with Crippen LogP contribution >= 0.6 is 0 Å². The summed E-state index contributed by atoms with van der Waals surface area (Å²) in [5, 5.41) is 8.56. The number of hydrogen-bond acceptors (Lipinski definition) is 2. The first-order chi connectivity index (χ1) is 5.90. The van der Waals surface area contributed by atoms with Gasteiger partial charge in [-0.3, -0.25) is 4.90 Å². The fourth-order valence-corrected chi connectivity index (χ4v) is 1.29. The Labute approximate surface area is 72.0 Å². The molecule has 2 nitrogen and oxygen atoms in total. The van der Waals surface area contributed by atoms with E-state index in [1.165, 1.54) is 5.56 Å². The topological polar surface area (TPSA) is 26.8 Å². The molecule has 2 atom stereocenters. The zero-order valence-electron chi connectivity index (χ0n) is 6.77. The zero-order valence-corrected chi connectivity index (χ0v) is 6.77. The molecular formula is C10H10N2. The second-order valence-corrected chi connectivity index (χ2v) is 3.06. The van der Waals surface area contributed by atoms with Gasteiger partial charge in [0.05, 0.1) is 6.07 Å². The molecule has 0 bridgehead atoms. The van der Waals surface area contributed by atoms with E-state index in [1.54, 1.807) is 0 Å². The lowest BCUT2D eigenvalue weighted by atomic mass is 10.2. The molecule has 12 heavy (non-hydrogen) atoms. The predicted octanol–water partition coefficient (Wildman–Crippen LogP) is 1.39. The van der Waals surface area contributed by atoms with Crippen LogP contribution in [0.15, 0.2) is 30.3 Å². The van der Waals surface area contributed by atoms with Crippen LogP contribution < -0.4 is 0 Å². The van der Waals surface area contributed by atoms with E-state index < -0.39 is 0 Å². The molecule has 0 aromatic heterocycles. The Bertz CT molecular complexity index is 299. The summed E-state index contributed by atoms with van der Waals surface area (Å²) in [5.74, 6) is 0. The number of nitriles is 1. The largest absolute Gasteiger partial charge is 0.280 e. The van der Waals surface area contributed by atoms with Gasteiger partial charge in [0.1, 0.15) is 6.04 Å². The summed E-state index contributed by atoms with van der Waals surface area (Å²) in [6.07, 6.45) is 0. The molecule has 1 saturated heterocycles. The van der Waals surface area contributed by atoms with Crippen LogP contribution in [0.5, 0.6) is 0 Å². The number of nitrogens with zero attached hydrogens (tertiary/aromatic N) is 2. The highest BCUT2D eigenvalue weighted by Gasteiger charge is 2.33. The molecule has 60 valence electrons. The van der Waals surface area contributed by atoms with Gasteiger partial charge < -0.3 is 0 Å². The summed E-state index contributed by atoms with van der Waals surface area (Å²) in [4.78, 5) is 2.15. The molecule has 2 rings (SSSR count). The van der Waals surface area contributed by atoms with Gasteiger partial charge in [0.2, 0.25) is 0 Å². The Morgan fingerprint density at radius 3 is 2.75 bits per heavy atom. The van der Waals surface area contributed by atoms with E-state index >= 15 is 0 Å². The third-order valence-corrected chi connectivity index (χ3v) is 2.09. The molecule has 1 aromatic carbocycles. The molecule has 1 unspecified atom stereocenters. The fourth-order valence-electron chi connectivity index (χ4n) is 1.29. The normalized spacial score (nSPS) is 26.2. The first kappa shape index (κ1) is 7.33. The average Bonchev–Trinajstić information content (AvgIpc) is 2.85. The van der Waals surface area contributed by atoms with Crippen LogP contribution in [0.25, 0.3) is 0 Å². The van der Waals surface area contributed by atoms with E-state index in [1.807, 2.05) is 18.2 Å². The van der Waals surface area contributed by atoms with Gasteiger partial charge in [-0.25, -0.2) is 0 Å². The summed E-state index contributed by atoms with van der Waals surface area (Å²) in [5.41, 5.74) is 1.29. The van der Waals surface area contributed by atoms with Crippen LogP contribution in [0.4, 0.5) is 0 Å². The summed E-state index contributed by atoms with van der Waals surface area (Å²) in [6.45, 7) is 1.85. The van der Waals surface area contributed by atoms with Crippen molar-refractivity contribution in [3.8, 4) is 6.07 Å². The minimum atomic E-state index is 0.171. The maximum Gasteiger partial charge on any atom is 0.111 e. The monoisotopic (exact) mass is 158 g/mol. The van der Waals surface area contributed by atoms with Gasteiger partial charge in [0, 0.05) is 13.1 Å². The second-order valence-electron chi connectivity index (χ2n) is 3.06. The Morgan fingerprint density at radius 1 is 1.42 bits per heavy atom. The number of rotatable bonds is 2. The molecule has 1 aliphatic rings. The third-order valence-electron chi connectivity index (χ3n) is 2.09. The second kappa shape index (κ2) is 2.96. The van der Waals surface area contributed by atoms with Crippen molar-refractivity contribution in [3.63, 3.8) is 0 Å². The molecule has 0 saturated carbocycles. The molecular weight excluding hydrogens is 148 g/mol. The molecule has 0 amide bonds. The van der Waals surface area contributed by atoms with Crippen LogP contribution in [0.1, 0.15) is 5.56 Å². The Kier molecular flexibility index (Phi) is 1.81. The van der Waals surface area contributed by atoms with E-state index in [-0.39, 0.29) is 6.04 Å². The van der Waals surface area contributed by atoms with Crippen molar-refractivity contribution in [3.05, 3.63) is 35.9 Å². The van der Waals surface area contributed by atoms with E-state index in [2.05, 4.69) is 23.1 Å². The Balaban J connectivity index is 1.95. The fraction of sp³-hybridized carbons (Fsp3) is 0.300. The smallest absolute Gasteiger partial charge is 0.111 e. The number of hydrogen-bond donors (Lipinski definition) is 0. The molecule has 0 aliphatic carbocycles. The summed E-state index contributed by atoms with van der Waals surface area (Å²) >= 11 is 0. The zero-order chi connectivity index (χ0) is 8.39. The van der Waals surface area contributed by atoms with Gasteiger partial charge >= 0.3 is 0 Å². The van der Waals surface area contributed by atoms with Crippen molar-refractivity contribution in [2.45, 2.75) is 12.6 Å². The molecule has 2 heteroatoms. The molecule has 1 heterocycles. The average molecular weight is 158 g/mol. The van der Waals surface area contributed by atoms with Gasteiger partial charge in [-0.2, -0.15) is 5.26 Å². The Hall–Kier alpha value is -1.33. The number of benzene rings is 1. The van der Waals surface area contributed by atoms with Crippen LogP contribution in [0, 0.1) is 11.3 Å². The van der Waals surface area contributed by atoms with E-state index in [4.69, 9.17) is 5.26 Å². The standard InChI is InChI=1S/C10H10N2/c11-6-10-8-12(10)7-9-4-2-1-3-5-9/h1-5,10H,7-8H2/t10-,12?/m0/s1. The molecule has 0 spiro atoms. The minimum absolute atomic E-state index is 0.171. The lowest BCUT2D eigenvalue weighted by molar-refractivity contribution is 0.532. The molecule has 1 aliphatic heterocycles. The van der Waals surface area contributed by atoms with Crippen molar-refractivity contribution >= 4 is 0 Å². The van der Waals surface area contributed by atoms with Gasteiger partial charge in [-0.05, 0) is 5.56 Å². The van der Waals surface area contributed by atoms with Gasteiger partial charge in [0.15, 0.2) is 0 Å². The van der Waals surface area contributed by atoms with Crippen molar-refractivity contribution in [2.24, 2.45) is 0 Å². The van der Waals surface area contributed by atoms with E-state index in [9.17, 15) is 0 Å². The molecule has 0 radical (unpaired) electrons. The minimum Gasteiger partial charge on any atom is -0.280 e. The van der Waals surface area contributed by atoms with E-state index in [0.29, 0.717) is 0 Å². The van der Waals surface area contributed by atoms with Gasteiger partial charge in [-0.1, -0.05) is 30.3 Å². The first-order valence-electron chi connectivity index (χ1n) is 4.08. The molecule has 0 N–H and O–H groups in total. The predicted molar refractivity (Wildman–Crippen MR) is 46.3 cm³/mol. The van der Waals surface area contributed by atoms with E-state index in [0.717, 1.165) is 13.1 Å². The highest BCUT2D eigenvalue weighted by molar-refractivity contribution is 5.17. The molecule has 1 aromatic rings. The third kappa shape index (κ3) is 1.46. The van der Waals surface area contributed by atoms with Crippen LogP contribution in [0.2, 0.25) is 0 Å². The maximum atomic E-state index is 8.56. The van der Waals surface area contributed by atoms with Crippen LogP contribution in [0.3, 0.4) is 0 Å². The SMILES string of the molecule is N#C[C@H]1CN1Cc1ccccc1. The summed E-state index contributed by atoms with van der Waals surface area (Å²) < 4.78 is 0. The first-order valence-corrected chi connectivity index (χ1v) is 4.08. The maximum absolute atomic E-state index is 8.56. The highest BCUT2D eigenvalue weighted by atomic mass is 15.3. The Morgan fingerprint density at radius 2 is 2.17 bits per heavy atom. The van der Waals surface area contributed by atoms with Crippen molar-refractivity contribution in [2.75, 3.05) is 6.54 Å². The lowest BCUT2D eigenvalue weighted by Gasteiger charge is -1.99.